The van der Waals surface area contributed by atoms with Crippen LogP contribution in [-0.2, 0) is 0 Å². The van der Waals surface area contributed by atoms with Gasteiger partial charge in [-0.25, -0.2) is 0 Å². The van der Waals surface area contributed by atoms with Crippen LogP contribution in [0.5, 0.6) is 51.7 Å². The Balaban J connectivity index is 1.34. The molecule has 0 aromatic heterocycles. The molecule has 0 bridgehead atoms. The lowest BCUT2D eigenvalue weighted by molar-refractivity contribution is 0.219. The van der Waals surface area contributed by atoms with Crippen molar-refractivity contribution in [2.24, 2.45) is 0 Å². The number of aromatic hydroxyl groups is 6. The highest BCUT2D eigenvalue weighted by molar-refractivity contribution is 5.70. The smallest absolute Gasteiger partial charge is 0.135 e. The van der Waals surface area contributed by atoms with E-state index in [2.05, 4.69) is 0 Å². The van der Waals surface area contributed by atoms with E-state index < -0.39 is 36.1 Å². The van der Waals surface area contributed by atoms with Crippen LogP contribution in [0.15, 0.2) is 109 Å². The lowest BCUT2D eigenvalue weighted by Crippen LogP contribution is -2.16. The Bertz CT molecular complexity index is 2370. The molecule has 6 N–H and O–H groups in total. The van der Waals surface area contributed by atoms with E-state index in [1.807, 2.05) is 12.1 Å². The molecule has 0 unspecified atom stereocenters. The van der Waals surface area contributed by atoms with Crippen molar-refractivity contribution in [3.8, 4) is 51.7 Å². The molecule has 0 amide bonds. The Kier molecular flexibility index (Phi) is 6.07. The summed E-state index contributed by atoms with van der Waals surface area (Å²) >= 11 is 0. The van der Waals surface area contributed by atoms with Crippen LogP contribution < -0.4 is 14.2 Å². The molecule has 0 fully saturated rings. The summed E-state index contributed by atoms with van der Waals surface area (Å²) in [4.78, 5) is 0. The molecule has 1 aliphatic carbocycles. The monoisotopic (exact) mass is 678 g/mol. The molecule has 6 atom stereocenters. The Morgan fingerprint density at radius 3 is 1.08 bits per heavy atom. The Morgan fingerprint density at radius 1 is 0.333 bits per heavy atom. The van der Waals surface area contributed by atoms with Crippen LogP contribution in [-0.4, -0.2) is 30.6 Å². The van der Waals surface area contributed by atoms with Crippen molar-refractivity contribution in [1.82, 2.24) is 0 Å². The number of fused-ring (bicyclic) bond motifs is 3. The van der Waals surface area contributed by atoms with Crippen LogP contribution in [0.2, 0.25) is 0 Å². The van der Waals surface area contributed by atoms with Gasteiger partial charge in [0.15, 0.2) is 0 Å². The summed E-state index contributed by atoms with van der Waals surface area (Å²) in [6.07, 6.45) is -2.03. The molecule has 0 spiro atoms. The van der Waals surface area contributed by atoms with Gasteiger partial charge in [-0.05, 0) is 88.0 Å². The second kappa shape index (κ2) is 10.5. The maximum absolute atomic E-state index is 11.3. The largest absolute Gasteiger partial charge is 0.508 e. The Morgan fingerprint density at radius 2 is 0.706 bits per heavy atom. The summed E-state index contributed by atoms with van der Waals surface area (Å²) in [6.45, 7) is 0. The third kappa shape index (κ3) is 4.34. The van der Waals surface area contributed by atoms with Gasteiger partial charge in [0.25, 0.3) is 0 Å². The Labute approximate surface area is 291 Å². The van der Waals surface area contributed by atoms with Gasteiger partial charge in [0.1, 0.15) is 70.1 Å². The number of benzene rings is 6. The zero-order valence-electron chi connectivity index (χ0n) is 26.8. The first-order chi connectivity index (χ1) is 24.7. The van der Waals surface area contributed by atoms with Crippen LogP contribution in [0.1, 0.15) is 86.1 Å². The quantitative estimate of drug-likeness (QED) is 0.109. The minimum Gasteiger partial charge on any atom is -0.508 e. The fourth-order valence-electron chi connectivity index (χ4n) is 8.84. The van der Waals surface area contributed by atoms with E-state index in [0.717, 1.165) is 38.9 Å². The number of phenols is 6. The van der Waals surface area contributed by atoms with Crippen molar-refractivity contribution in [3.05, 3.63) is 159 Å². The summed E-state index contributed by atoms with van der Waals surface area (Å²) in [5.41, 5.74) is 6.64. The summed E-state index contributed by atoms with van der Waals surface area (Å²) in [7, 11) is 0. The normalized spacial score (nSPS) is 23.1. The third-order valence-corrected chi connectivity index (χ3v) is 10.7. The van der Waals surface area contributed by atoms with Crippen LogP contribution in [0.3, 0.4) is 0 Å². The van der Waals surface area contributed by atoms with Gasteiger partial charge in [0, 0.05) is 34.9 Å². The Hall–Kier alpha value is -6.48. The van der Waals surface area contributed by atoms with Gasteiger partial charge < -0.3 is 44.8 Å². The van der Waals surface area contributed by atoms with Crippen molar-refractivity contribution >= 4 is 0 Å². The highest BCUT2D eigenvalue weighted by Gasteiger charge is 2.52. The predicted molar refractivity (Wildman–Crippen MR) is 184 cm³/mol. The summed E-state index contributed by atoms with van der Waals surface area (Å²) < 4.78 is 20.3. The molecule has 10 rings (SSSR count). The summed E-state index contributed by atoms with van der Waals surface area (Å²) in [5, 5.41) is 65.3. The molecule has 9 nitrogen and oxygen atoms in total. The number of hydrogen-bond donors (Lipinski definition) is 6. The SMILES string of the molecule is Oc1ccc([C@@H]2Oc3cc(O)cc4c3[C@H]2c2cc(O)cc3c2[C@@H](c2cc(O)cc5c2[C@H]4[C@H](c2cccc(O)c2)O5)[C@H](c2cccc(O)c2)O3)cc1. The van der Waals surface area contributed by atoms with Gasteiger partial charge in [-0.15, -0.1) is 0 Å². The molecular weight excluding hydrogens is 648 g/mol. The van der Waals surface area contributed by atoms with E-state index in [1.165, 1.54) is 0 Å². The molecule has 4 aliphatic rings. The topological polar surface area (TPSA) is 149 Å². The average molecular weight is 679 g/mol. The predicted octanol–water partition coefficient (Wildman–Crippen LogP) is 8.03. The zero-order chi connectivity index (χ0) is 34.7. The molecule has 3 heterocycles. The lowest BCUT2D eigenvalue weighted by Gasteiger charge is -2.26. The van der Waals surface area contributed by atoms with Crippen molar-refractivity contribution in [2.45, 2.75) is 36.1 Å². The standard InChI is InChI=1S/C42H30O9/c43-22-9-7-19(8-10-22)40-37-28-13-25(46)17-32-35(28)39(42(50-32)21-4-2-6-24(45)12-21)30-15-27(48)18-33-36(30)38(29-14-26(47)16-31(49-40)34(29)37)41(51-33)20-3-1-5-23(44)11-20/h1-18,37-48H/t37-,38+,39-,40+,41+,42+/m1/s1. The van der Waals surface area contributed by atoms with Crippen LogP contribution in [0.25, 0.3) is 0 Å². The number of phenolic OH excluding ortho intramolecular Hbond substituents is 6. The lowest BCUT2D eigenvalue weighted by atomic mass is 9.76. The molecule has 0 saturated heterocycles. The van der Waals surface area contributed by atoms with Crippen LogP contribution in [0.4, 0.5) is 0 Å². The third-order valence-electron chi connectivity index (χ3n) is 10.7. The molecule has 3 aliphatic heterocycles. The minimum absolute atomic E-state index is 0.0158. The molecule has 252 valence electrons. The van der Waals surface area contributed by atoms with E-state index >= 15 is 0 Å². The van der Waals surface area contributed by atoms with Gasteiger partial charge in [-0.2, -0.15) is 0 Å². The number of ether oxygens (including phenoxy) is 3. The number of hydrogen-bond acceptors (Lipinski definition) is 9. The van der Waals surface area contributed by atoms with Gasteiger partial charge in [0.2, 0.25) is 0 Å². The molecular formula is C42H30O9. The van der Waals surface area contributed by atoms with E-state index in [-0.39, 0.29) is 34.5 Å². The summed E-state index contributed by atoms with van der Waals surface area (Å²) in [6, 6.07) is 30.4. The first-order valence-electron chi connectivity index (χ1n) is 16.7. The van der Waals surface area contributed by atoms with E-state index in [4.69, 9.17) is 14.2 Å². The van der Waals surface area contributed by atoms with Gasteiger partial charge in [-0.1, -0.05) is 36.4 Å². The average Bonchev–Trinajstić information content (AvgIpc) is 3.79. The van der Waals surface area contributed by atoms with E-state index in [0.29, 0.717) is 28.4 Å². The van der Waals surface area contributed by atoms with E-state index in [9.17, 15) is 30.6 Å². The van der Waals surface area contributed by atoms with Crippen molar-refractivity contribution in [2.75, 3.05) is 0 Å². The maximum Gasteiger partial charge on any atom is 0.135 e. The van der Waals surface area contributed by atoms with Crippen molar-refractivity contribution < 1.29 is 44.8 Å². The highest BCUT2D eigenvalue weighted by atomic mass is 16.5. The molecule has 6 aromatic rings. The van der Waals surface area contributed by atoms with Crippen LogP contribution >= 0.6 is 0 Å². The molecule has 9 heteroatoms. The molecule has 0 saturated carbocycles. The molecule has 0 radical (unpaired) electrons. The van der Waals surface area contributed by atoms with Crippen molar-refractivity contribution in [1.29, 1.82) is 0 Å². The van der Waals surface area contributed by atoms with Gasteiger partial charge in [-0.3, -0.25) is 0 Å². The maximum atomic E-state index is 11.3. The fraction of sp³-hybridized carbons (Fsp3) is 0.143. The highest BCUT2D eigenvalue weighted by Crippen LogP contribution is 2.65. The first-order valence-corrected chi connectivity index (χ1v) is 16.7. The fourth-order valence-corrected chi connectivity index (χ4v) is 8.84. The first kappa shape index (κ1) is 29.4. The number of rotatable bonds is 3. The van der Waals surface area contributed by atoms with E-state index in [1.54, 1.807) is 97.1 Å². The minimum atomic E-state index is -0.692. The molecule has 6 aromatic carbocycles. The zero-order valence-corrected chi connectivity index (χ0v) is 26.8. The van der Waals surface area contributed by atoms with Gasteiger partial charge in [0.05, 0.1) is 17.8 Å². The van der Waals surface area contributed by atoms with Crippen LogP contribution in [0, 0.1) is 0 Å². The van der Waals surface area contributed by atoms with Gasteiger partial charge >= 0.3 is 0 Å². The molecule has 51 heavy (non-hydrogen) atoms. The second-order valence-electron chi connectivity index (χ2n) is 13.7. The second-order valence-corrected chi connectivity index (χ2v) is 13.7. The van der Waals surface area contributed by atoms with Crippen molar-refractivity contribution in [3.63, 3.8) is 0 Å². The summed E-state index contributed by atoms with van der Waals surface area (Å²) in [5.74, 6) is -0.174.